The van der Waals surface area contributed by atoms with Gasteiger partial charge < -0.3 is 10.1 Å². The largest absolute Gasteiger partial charge is 0.447 e. The Morgan fingerprint density at radius 3 is 2.31 bits per heavy atom. The molecule has 0 bridgehead atoms. The van der Waals surface area contributed by atoms with E-state index >= 15 is 0 Å². The van der Waals surface area contributed by atoms with Crippen molar-refractivity contribution in [1.29, 1.82) is 0 Å². The summed E-state index contributed by atoms with van der Waals surface area (Å²) in [5, 5.41) is 6.77. The summed E-state index contributed by atoms with van der Waals surface area (Å²) in [5.41, 5.74) is 2.97. The van der Waals surface area contributed by atoms with Crippen LogP contribution >= 0.6 is 0 Å². The number of Topliss-reactive ketones (excluding diaryl/α,β-unsaturated/α-hetero) is 1. The highest BCUT2D eigenvalue weighted by Crippen LogP contribution is 2.15. The summed E-state index contributed by atoms with van der Waals surface area (Å²) in [5.74, 6) is -2.39. The SMILES string of the molecule is CCc1ccc(NC(=O)C(C)OC(=O)C(=O)c2c(C)nn(C)c2C)cc1. The topological polar surface area (TPSA) is 90.3 Å². The van der Waals surface area contributed by atoms with Gasteiger partial charge >= 0.3 is 5.97 Å². The van der Waals surface area contributed by atoms with Crippen LogP contribution in [-0.4, -0.2) is 33.5 Å². The molecule has 26 heavy (non-hydrogen) atoms. The van der Waals surface area contributed by atoms with Crippen LogP contribution in [-0.2, 0) is 27.8 Å². The number of amides is 1. The van der Waals surface area contributed by atoms with Gasteiger partial charge in [0.1, 0.15) is 0 Å². The number of hydrogen-bond donors (Lipinski definition) is 1. The van der Waals surface area contributed by atoms with Crippen LogP contribution in [0.15, 0.2) is 24.3 Å². The lowest BCUT2D eigenvalue weighted by molar-refractivity contribution is -0.148. The molecule has 0 aliphatic heterocycles. The summed E-state index contributed by atoms with van der Waals surface area (Å²) in [6, 6.07) is 7.37. The van der Waals surface area contributed by atoms with Gasteiger partial charge in [0.05, 0.1) is 11.3 Å². The average Bonchev–Trinajstić information content (AvgIpc) is 2.86. The number of anilines is 1. The second-order valence-corrected chi connectivity index (χ2v) is 6.09. The normalized spacial score (nSPS) is 11.7. The Bertz CT molecular complexity index is 837. The van der Waals surface area contributed by atoms with Crippen LogP contribution in [0, 0.1) is 13.8 Å². The van der Waals surface area contributed by atoms with Crippen molar-refractivity contribution < 1.29 is 19.1 Å². The lowest BCUT2D eigenvalue weighted by atomic mass is 10.1. The van der Waals surface area contributed by atoms with Gasteiger partial charge in [0.25, 0.3) is 11.7 Å². The van der Waals surface area contributed by atoms with Crippen molar-refractivity contribution in [2.45, 2.75) is 40.2 Å². The maximum Gasteiger partial charge on any atom is 0.380 e. The van der Waals surface area contributed by atoms with Crippen LogP contribution in [0.2, 0.25) is 0 Å². The number of nitrogens with one attached hydrogen (secondary N) is 1. The molecule has 1 amide bonds. The van der Waals surface area contributed by atoms with Gasteiger partial charge in [-0.1, -0.05) is 19.1 Å². The summed E-state index contributed by atoms with van der Waals surface area (Å²) in [6.45, 7) is 6.79. The van der Waals surface area contributed by atoms with Crippen molar-refractivity contribution in [2.24, 2.45) is 7.05 Å². The minimum atomic E-state index is -1.10. The van der Waals surface area contributed by atoms with Crippen molar-refractivity contribution in [3.63, 3.8) is 0 Å². The molecule has 0 saturated carbocycles. The molecule has 0 radical (unpaired) electrons. The molecular formula is C19H23N3O4. The molecule has 0 fully saturated rings. The molecule has 1 unspecified atom stereocenters. The summed E-state index contributed by atoms with van der Waals surface area (Å²) in [7, 11) is 1.68. The molecule has 2 rings (SSSR count). The van der Waals surface area contributed by atoms with Gasteiger partial charge in [-0.3, -0.25) is 14.3 Å². The number of benzene rings is 1. The number of ketones is 1. The molecule has 1 aromatic carbocycles. The number of nitrogens with zero attached hydrogens (tertiary/aromatic N) is 2. The predicted molar refractivity (Wildman–Crippen MR) is 97.0 cm³/mol. The number of esters is 1. The van der Waals surface area contributed by atoms with E-state index in [4.69, 9.17) is 4.74 Å². The van der Waals surface area contributed by atoms with Crippen LogP contribution in [0.5, 0.6) is 0 Å². The van der Waals surface area contributed by atoms with E-state index in [0.717, 1.165) is 12.0 Å². The third-order valence-corrected chi connectivity index (χ3v) is 4.20. The zero-order chi connectivity index (χ0) is 19.4. The van der Waals surface area contributed by atoms with Crippen molar-refractivity contribution >= 4 is 23.3 Å². The molecule has 7 heteroatoms. The Balaban J connectivity index is 2.01. The third kappa shape index (κ3) is 4.17. The Labute approximate surface area is 152 Å². The van der Waals surface area contributed by atoms with Crippen LogP contribution in [0.4, 0.5) is 5.69 Å². The molecule has 1 aromatic heterocycles. The molecule has 7 nitrogen and oxygen atoms in total. The number of ether oxygens (including phenoxy) is 1. The monoisotopic (exact) mass is 357 g/mol. The number of hydrogen-bond acceptors (Lipinski definition) is 5. The first kappa shape index (κ1) is 19.4. The van der Waals surface area contributed by atoms with Crippen LogP contribution in [0.3, 0.4) is 0 Å². The van der Waals surface area contributed by atoms with Crippen LogP contribution < -0.4 is 5.32 Å². The van der Waals surface area contributed by atoms with E-state index in [-0.39, 0.29) is 5.56 Å². The molecule has 0 spiro atoms. The molecule has 138 valence electrons. The van der Waals surface area contributed by atoms with E-state index in [9.17, 15) is 14.4 Å². The maximum absolute atomic E-state index is 12.3. The van der Waals surface area contributed by atoms with E-state index < -0.39 is 23.8 Å². The molecule has 1 heterocycles. The number of aryl methyl sites for hydroxylation is 3. The predicted octanol–water partition coefficient (Wildman–Crippen LogP) is 2.35. The fourth-order valence-corrected chi connectivity index (χ4v) is 2.54. The van der Waals surface area contributed by atoms with Crippen molar-refractivity contribution in [2.75, 3.05) is 5.32 Å². The van der Waals surface area contributed by atoms with Crippen molar-refractivity contribution in [3.8, 4) is 0 Å². The maximum atomic E-state index is 12.3. The van der Waals surface area contributed by atoms with E-state index in [2.05, 4.69) is 10.4 Å². The first-order valence-electron chi connectivity index (χ1n) is 8.39. The van der Waals surface area contributed by atoms with E-state index in [0.29, 0.717) is 17.1 Å². The number of carbonyl (C=O) groups is 3. The smallest absolute Gasteiger partial charge is 0.380 e. The van der Waals surface area contributed by atoms with Crippen molar-refractivity contribution in [1.82, 2.24) is 9.78 Å². The molecule has 0 aliphatic carbocycles. The van der Waals surface area contributed by atoms with Gasteiger partial charge in [0.2, 0.25) is 0 Å². The Morgan fingerprint density at radius 2 is 1.81 bits per heavy atom. The van der Waals surface area contributed by atoms with Crippen LogP contribution in [0.25, 0.3) is 0 Å². The standard InChI is InChI=1S/C19H23N3O4/c1-6-14-7-9-15(10-8-14)20-18(24)13(4)26-19(25)17(23)16-11(2)21-22(5)12(16)3/h7-10,13H,6H2,1-5H3,(H,20,24). The zero-order valence-corrected chi connectivity index (χ0v) is 15.6. The third-order valence-electron chi connectivity index (χ3n) is 4.20. The average molecular weight is 357 g/mol. The lowest BCUT2D eigenvalue weighted by Gasteiger charge is -2.13. The van der Waals surface area contributed by atoms with Gasteiger partial charge in [-0.2, -0.15) is 5.10 Å². The first-order chi connectivity index (χ1) is 12.2. The minimum absolute atomic E-state index is 0.209. The Hall–Kier alpha value is -2.96. The van der Waals surface area contributed by atoms with Gasteiger partial charge in [-0.15, -0.1) is 0 Å². The second-order valence-electron chi connectivity index (χ2n) is 6.09. The Morgan fingerprint density at radius 1 is 1.19 bits per heavy atom. The fourth-order valence-electron chi connectivity index (χ4n) is 2.54. The van der Waals surface area contributed by atoms with Gasteiger partial charge in [-0.25, -0.2) is 4.79 Å². The summed E-state index contributed by atoms with van der Waals surface area (Å²) in [4.78, 5) is 36.6. The molecule has 2 aromatic rings. The lowest BCUT2D eigenvalue weighted by Crippen LogP contribution is -2.32. The first-order valence-corrected chi connectivity index (χ1v) is 8.39. The Kier molecular flexibility index (Phi) is 5.92. The molecule has 0 aliphatic rings. The number of rotatable bonds is 6. The van der Waals surface area contributed by atoms with Crippen molar-refractivity contribution in [3.05, 3.63) is 46.8 Å². The van der Waals surface area contributed by atoms with Gasteiger partial charge in [0.15, 0.2) is 6.10 Å². The highest BCUT2D eigenvalue weighted by molar-refractivity contribution is 6.41. The molecular weight excluding hydrogens is 334 g/mol. The fraction of sp³-hybridized carbons (Fsp3) is 0.368. The van der Waals surface area contributed by atoms with E-state index in [1.54, 1.807) is 33.0 Å². The quantitative estimate of drug-likeness (QED) is 0.487. The minimum Gasteiger partial charge on any atom is -0.447 e. The summed E-state index contributed by atoms with van der Waals surface area (Å²) >= 11 is 0. The molecule has 0 saturated heterocycles. The summed E-state index contributed by atoms with van der Waals surface area (Å²) in [6.07, 6.45) is -0.202. The van der Waals surface area contributed by atoms with E-state index in [1.807, 2.05) is 19.1 Å². The van der Waals surface area contributed by atoms with Gasteiger partial charge in [-0.05, 0) is 44.9 Å². The highest BCUT2D eigenvalue weighted by Gasteiger charge is 2.28. The van der Waals surface area contributed by atoms with E-state index in [1.165, 1.54) is 11.6 Å². The number of aromatic nitrogens is 2. The summed E-state index contributed by atoms with van der Waals surface area (Å²) < 4.78 is 6.55. The molecule has 1 N–H and O–H groups in total. The molecule has 1 atom stereocenters. The van der Waals surface area contributed by atoms with Crippen LogP contribution in [0.1, 0.15) is 41.2 Å². The highest BCUT2D eigenvalue weighted by atomic mass is 16.6. The van der Waals surface area contributed by atoms with Gasteiger partial charge in [0, 0.05) is 18.4 Å². The number of carbonyl (C=O) groups excluding carboxylic acids is 3. The zero-order valence-electron chi connectivity index (χ0n) is 15.6. The second kappa shape index (κ2) is 7.95.